The zero-order valence-corrected chi connectivity index (χ0v) is 17.8. The number of anilines is 1. The predicted molar refractivity (Wildman–Crippen MR) is 108 cm³/mol. The number of benzene rings is 2. The van der Waals surface area contributed by atoms with Crippen LogP contribution in [-0.4, -0.2) is 38.1 Å². The summed E-state index contributed by atoms with van der Waals surface area (Å²) < 4.78 is 59.6. The van der Waals surface area contributed by atoms with E-state index < -0.39 is 42.6 Å². The number of carbonyl (C=O) groups is 2. The quantitative estimate of drug-likeness (QED) is 0.616. The summed E-state index contributed by atoms with van der Waals surface area (Å²) in [4.78, 5) is 24.7. The summed E-state index contributed by atoms with van der Waals surface area (Å²) in [5.74, 6) is -2.20. The van der Waals surface area contributed by atoms with Crippen LogP contribution < -0.4 is 14.8 Å². The third-order valence-electron chi connectivity index (χ3n) is 4.53. The Morgan fingerprint density at radius 2 is 1.97 bits per heavy atom. The lowest BCUT2D eigenvalue weighted by molar-refractivity contribution is -0.275. The molecule has 0 unspecified atom stereocenters. The highest BCUT2D eigenvalue weighted by atomic mass is 35.5. The van der Waals surface area contributed by atoms with Gasteiger partial charge in [0, 0.05) is 21.8 Å². The van der Waals surface area contributed by atoms with E-state index in [2.05, 4.69) is 10.1 Å². The molecule has 1 N–H and O–H groups in total. The molecule has 0 bridgehead atoms. The highest BCUT2D eigenvalue weighted by Gasteiger charge is 2.39. The third kappa shape index (κ3) is 5.43. The van der Waals surface area contributed by atoms with Crippen molar-refractivity contribution in [3.63, 3.8) is 0 Å². The molecule has 1 aliphatic rings. The van der Waals surface area contributed by atoms with Crippen LogP contribution in [0, 0.1) is 0 Å². The van der Waals surface area contributed by atoms with Gasteiger partial charge in [0.1, 0.15) is 12.2 Å². The topological polar surface area (TPSA) is 83.1 Å². The summed E-state index contributed by atoms with van der Waals surface area (Å²) in [5, 5.41) is 2.88. The maximum Gasteiger partial charge on any atom is 0.573 e. The summed E-state index contributed by atoms with van der Waals surface area (Å²) in [7, 11) is 1.19. The van der Waals surface area contributed by atoms with E-state index in [0.717, 1.165) is 0 Å². The van der Waals surface area contributed by atoms with Gasteiger partial charge in [0.05, 0.1) is 20.1 Å². The van der Waals surface area contributed by atoms with E-state index in [4.69, 9.17) is 25.8 Å². The first-order chi connectivity index (χ1) is 15.1. The molecule has 0 aliphatic carbocycles. The van der Waals surface area contributed by atoms with Crippen LogP contribution in [0.3, 0.4) is 0 Å². The standard InChI is InChI=1S/C21H19ClF3NO6/c1-3-30-17(27)10-16-20(28)26-14-8-7-11(22)9-13(14)18(31-16)12-5-4-6-15(29-2)19(12)32-21(23,24)25/h4-9,16,18H,3,10H2,1-2H3,(H,26,28)/t16-,18-/m0/s1. The van der Waals surface area contributed by atoms with Crippen LogP contribution in [0.25, 0.3) is 0 Å². The molecule has 7 nitrogen and oxygen atoms in total. The van der Waals surface area contributed by atoms with E-state index in [1.165, 1.54) is 43.5 Å². The van der Waals surface area contributed by atoms with Gasteiger partial charge in [-0.2, -0.15) is 0 Å². The number of hydrogen-bond donors (Lipinski definition) is 1. The summed E-state index contributed by atoms with van der Waals surface area (Å²) in [6.45, 7) is 1.69. The number of hydrogen-bond acceptors (Lipinski definition) is 6. The Labute approximate surface area is 186 Å². The second-order valence-corrected chi connectivity index (χ2v) is 7.10. The van der Waals surface area contributed by atoms with Crippen molar-refractivity contribution < 1.29 is 41.7 Å². The zero-order chi connectivity index (χ0) is 23.5. The van der Waals surface area contributed by atoms with Crippen LogP contribution in [-0.2, 0) is 19.1 Å². The first kappa shape index (κ1) is 23.7. The van der Waals surface area contributed by atoms with Crippen molar-refractivity contribution in [2.24, 2.45) is 0 Å². The molecule has 0 aromatic heterocycles. The molecule has 0 saturated carbocycles. The minimum Gasteiger partial charge on any atom is -0.493 e. The smallest absolute Gasteiger partial charge is 0.493 e. The fourth-order valence-corrected chi connectivity index (χ4v) is 3.44. The number of alkyl halides is 3. The van der Waals surface area contributed by atoms with Crippen LogP contribution in [0.4, 0.5) is 18.9 Å². The maximum absolute atomic E-state index is 13.2. The molecular weight excluding hydrogens is 455 g/mol. The van der Waals surface area contributed by atoms with Gasteiger partial charge < -0.3 is 24.3 Å². The molecule has 1 amide bonds. The Balaban J connectivity index is 2.15. The lowest BCUT2D eigenvalue weighted by atomic mass is 9.98. The van der Waals surface area contributed by atoms with Crippen molar-refractivity contribution in [1.82, 2.24) is 0 Å². The molecule has 32 heavy (non-hydrogen) atoms. The maximum atomic E-state index is 13.2. The Morgan fingerprint density at radius 1 is 1.22 bits per heavy atom. The lowest BCUT2D eigenvalue weighted by Crippen LogP contribution is -2.32. The summed E-state index contributed by atoms with van der Waals surface area (Å²) >= 11 is 6.11. The number of esters is 1. The lowest BCUT2D eigenvalue weighted by Gasteiger charge is -2.25. The molecule has 1 aliphatic heterocycles. The van der Waals surface area contributed by atoms with Crippen molar-refractivity contribution >= 4 is 29.2 Å². The first-order valence-electron chi connectivity index (χ1n) is 9.47. The number of fused-ring (bicyclic) bond motifs is 1. The molecule has 0 radical (unpaired) electrons. The van der Waals surface area contributed by atoms with Crippen LogP contribution in [0.15, 0.2) is 36.4 Å². The van der Waals surface area contributed by atoms with Gasteiger partial charge in [-0.3, -0.25) is 9.59 Å². The Bertz CT molecular complexity index is 1010. The van der Waals surface area contributed by atoms with Gasteiger partial charge in [0.25, 0.3) is 5.91 Å². The van der Waals surface area contributed by atoms with E-state index in [0.29, 0.717) is 0 Å². The van der Waals surface area contributed by atoms with Crippen LogP contribution in [0.1, 0.15) is 30.6 Å². The molecule has 172 valence electrons. The molecular formula is C21H19ClF3NO6. The fourth-order valence-electron chi connectivity index (χ4n) is 3.25. The second-order valence-electron chi connectivity index (χ2n) is 6.66. The van der Waals surface area contributed by atoms with Gasteiger partial charge in [-0.25, -0.2) is 0 Å². The van der Waals surface area contributed by atoms with Gasteiger partial charge in [-0.1, -0.05) is 23.7 Å². The van der Waals surface area contributed by atoms with Gasteiger partial charge in [-0.15, -0.1) is 13.2 Å². The normalized spacial score (nSPS) is 18.2. The Morgan fingerprint density at radius 3 is 2.62 bits per heavy atom. The molecule has 2 aromatic carbocycles. The number of para-hydroxylation sites is 1. The fraction of sp³-hybridized carbons (Fsp3) is 0.333. The predicted octanol–water partition coefficient (Wildman–Crippen LogP) is 4.63. The minimum atomic E-state index is -5.02. The molecule has 1 heterocycles. The molecule has 3 rings (SSSR count). The van der Waals surface area contributed by atoms with Crippen molar-refractivity contribution in [1.29, 1.82) is 0 Å². The van der Waals surface area contributed by atoms with E-state index in [-0.39, 0.29) is 34.2 Å². The average Bonchev–Trinajstić information content (AvgIpc) is 2.84. The number of halogens is 4. The SMILES string of the molecule is CCOC(=O)C[C@@H]1O[C@@H](c2cccc(OC)c2OC(F)(F)F)c2cc(Cl)ccc2NC1=O. The van der Waals surface area contributed by atoms with Gasteiger partial charge in [-0.05, 0) is 31.2 Å². The summed E-state index contributed by atoms with van der Waals surface area (Å²) in [6, 6.07) is 8.53. The van der Waals surface area contributed by atoms with Gasteiger partial charge in [0.2, 0.25) is 0 Å². The monoisotopic (exact) mass is 473 g/mol. The number of ether oxygens (including phenoxy) is 4. The van der Waals surface area contributed by atoms with E-state index >= 15 is 0 Å². The number of rotatable bonds is 6. The molecule has 0 saturated heterocycles. The largest absolute Gasteiger partial charge is 0.573 e. The third-order valence-corrected chi connectivity index (χ3v) is 4.77. The highest BCUT2D eigenvalue weighted by molar-refractivity contribution is 6.30. The molecule has 0 fully saturated rings. The number of nitrogens with one attached hydrogen (secondary N) is 1. The highest BCUT2D eigenvalue weighted by Crippen LogP contribution is 2.45. The van der Waals surface area contributed by atoms with Crippen LogP contribution in [0.5, 0.6) is 11.5 Å². The van der Waals surface area contributed by atoms with Crippen LogP contribution >= 0.6 is 11.6 Å². The Kier molecular flexibility index (Phi) is 7.15. The molecule has 0 spiro atoms. The van der Waals surface area contributed by atoms with Crippen molar-refractivity contribution in [3.8, 4) is 11.5 Å². The van der Waals surface area contributed by atoms with Crippen LogP contribution in [0.2, 0.25) is 5.02 Å². The Hall–Kier alpha value is -2.98. The van der Waals surface area contributed by atoms with Crippen molar-refractivity contribution in [2.45, 2.75) is 31.9 Å². The van der Waals surface area contributed by atoms with E-state index in [9.17, 15) is 22.8 Å². The summed E-state index contributed by atoms with van der Waals surface area (Å²) in [5.41, 5.74) is 0.463. The second kappa shape index (κ2) is 9.66. The van der Waals surface area contributed by atoms with Crippen molar-refractivity contribution in [3.05, 3.63) is 52.5 Å². The zero-order valence-electron chi connectivity index (χ0n) is 17.0. The summed E-state index contributed by atoms with van der Waals surface area (Å²) in [6.07, 6.45) is -8.08. The van der Waals surface area contributed by atoms with E-state index in [1.54, 1.807) is 6.92 Å². The average molecular weight is 474 g/mol. The first-order valence-corrected chi connectivity index (χ1v) is 9.84. The molecule has 2 aromatic rings. The van der Waals surface area contributed by atoms with Gasteiger partial charge in [0.15, 0.2) is 11.5 Å². The van der Waals surface area contributed by atoms with Crippen molar-refractivity contribution in [2.75, 3.05) is 19.0 Å². The number of amides is 1. The number of methoxy groups -OCH3 is 1. The molecule has 2 atom stereocenters. The van der Waals surface area contributed by atoms with E-state index in [1.807, 2.05) is 0 Å². The molecule has 11 heteroatoms. The number of carbonyl (C=O) groups excluding carboxylic acids is 2. The minimum absolute atomic E-state index is 0.0736. The van der Waals surface area contributed by atoms with Gasteiger partial charge >= 0.3 is 12.3 Å².